The topological polar surface area (TPSA) is 97.4 Å². The highest BCUT2D eigenvalue weighted by Crippen LogP contribution is 2.28. The SMILES string of the molecule is C[C@H](c1cccc(C#CCN(C)C)c1)n1c(=O)oc2cc(S(=O)(=O)Nc3cccc(F)n3)c(F)cc21. The molecule has 1 atom stereocenters. The highest BCUT2D eigenvalue weighted by molar-refractivity contribution is 7.92. The van der Waals surface area contributed by atoms with E-state index in [1.807, 2.05) is 35.9 Å². The van der Waals surface area contributed by atoms with Gasteiger partial charge < -0.3 is 4.42 Å². The number of rotatable bonds is 6. The molecule has 0 amide bonds. The fraction of sp³-hybridized carbons (Fsp3) is 0.200. The van der Waals surface area contributed by atoms with E-state index in [-0.39, 0.29) is 16.9 Å². The molecule has 0 aliphatic rings. The van der Waals surface area contributed by atoms with Crippen LogP contribution < -0.4 is 10.5 Å². The molecule has 4 aromatic rings. The highest BCUT2D eigenvalue weighted by Gasteiger charge is 2.25. The molecule has 0 aliphatic heterocycles. The number of benzene rings is 2. The van der Waals surface area contributed by atoms with Gasteiger partial charge in [-0.25, -0.2) is 22.6 Å². The Morgan fingerprint density at radius 2 is 1.89 bits per heavy atom. The van der Waals surface area contributed by atoms with Crippen LogP contribution in [0.1, 0.15) is 24.1 Å². The van der Waals surface area contributed by atoms with Gasteiger partial charge in [0.05, 0.1) is 18.1 Å². The molecule has 11 heteroatoms. The van der Waals surface area contributed by atoms with Crippen molar-refractivity contribution in [3.05, 3.63) is 88.0 Å². The van der Waals surface area contributed by atoms with Gasteiger partial charge in [0.25, 0.3) is 10.0 Å². The zero-order valence-corrected chi connectivity index (χ0v) is 20.4. The summed E-state index contributed by atoms with van der Waals surface area (Å²) >= 11 is 0. The molecule has 8 nitrogen and oxygen atoms in total. The van der Waals surface area contributed by atoms with Crippen LogP contribution in [0.25, 0.3) is 11.1 Å². The van der Waals surface area contributed by atoms with Gasteiger partial charge in [0, 0.05) is 17.7 Å². The number of pyridine rings is 1. The minimum absolute atomic E-state index is 0.0805. The lowest BCUT2D eigenvalue weighted by Crippen LogP contribution is -2.19. The number of anilines is 1. The number of halogens is 2. The third kappa shape index (κ3) is 5.30. The Labute approximate surface area is 206 Å². The Bertz CT molecular complexity index is 1670. The lowest BCUT2D eigenvalue weighted by Gasteiger charge is -2.14. The molecule has 0 radical (unpaired) electrons. The van der Waals surface area contributed by atoms with Crippen LogP contribution in [-0.2, 0) is 10.0 Å². The van der Waals surface area contributed by atoms with Crippen molar-refractivity contribution in [2.24, 2.45) is 0 Å². The first-order valence-corrected chi connectivity index (χ1v) is 12.3. The maximum atomic E-state index is 15.0. The largest absolute Gasteiger partial charge is 0.420 e. The predicted molar refractivity (Wildman–Crippen MR) is 131 cm³/mol. The Balaban J connectivity index is 1.71. The quantitative estimate of drug-likeness (QED) is 0.313. The fourth-order valence-corrected chi connectivity index (χ4v) is 4.67. The molecular formula is C25H22F2N4O4S. The van der Waals surface area contributed by atoms with Crippen LogP contribution in [0, 0.1) is 23.6 Å². The van der Waals surface area contributed by atoms with Crippen molar-refractivity contribution in [2.75, 3.05) is 25.4 Å². The average Bonchev–Trinajstić information content (AvgIpc) is 3.12. The molecular weight excluding hydrogens is 490 g/mol. The number of nitrogens with zero attached hydrogens (tertiary/aromatic N) is 3. The summed E-state index contributed by atoms with van der Waals surface area (Å²) in [7, 11) is -0.672. The van der Waals surface area contributed by atoms with Crippen LogP contribution in [0.4, 0.5) is 14.6 Å². The van der Waals surface area contributed by atoms with Gasteiger partial charge in [-0.2, -0.15) is 4.39 Å². The van der Waals surface area contributed by atoms with E-state index in [0.717, 1.165) is 29.3 Å². The smallest absolute Gasteiger partial charge is 0.408 e. The van der Waals surface area contributed by atoms with Crippen molar-refractivity contribution in [3.8, 4) is 11.8 Å². The first-order chi connectivity index (χ1) is 17.0. The molecule has 2 heterocycles. The summed E-state index contributed by atoms with van der Waals surface area (Å²) in [5, 5.41) is 0. The molecule has 0 spiro atoms. The second kappa shape index (κ2) is 9.93. The lowest BCUT2D eigenvalue weighted by molar-refractivity contribution is 0.464. The molecule has 0 saturated carbocycles. The molecule has 186 valence electrons. The summed E-state index contributed by atoms with van der Waals surface area (Å²) in [4.78, 5) is 17.3. The van der Waals surface area contributed by atoms with Gasteiger partial charge in [-0.05, 0) is 50.8 Å². The van der Waals surface area contributed by atoms with Gasteiger partial charge in [0.15, 0.2) is 5.58 Å². The van der Waals surface area contributed by atoms with Crippen molar-refractivity contribution in [2.45, 2.75) is 17.9 Å². The second-order valence-corrected chi connectivity index (χ2v) is 9.93. The first kappa shape index (κ1) is 25.1. The number of nitrogens with one attached hydrogen (secondary N) is 1. The van der Waals surface area contributed by atoms with E-state index < -0.39 is 38.5 Å². The molecule has 2 aromatic heterocycles. The van der Waals surface area contributed by atoms with Crippen LogP contribution in [0.2, 0.25) is 0 Å². The summed E-state index contributed by atoms with van der Waals surface area (Å²) in [6.07, 6.45) is 0. The van der Waals surface area contributed by atoms with Crippen LogP contribution in [0.5, 0.6) is 0 Å². The normalized spacial score (nSPS) is 12.4. The predicted octanol–water partition coefficient (Wildman–Crippen LogP) is 3.59. The van der Waals surface area contributed by atoms with Gasteiger partial charge in [-0.3, -0.25) is 14.2 Å². The number of hydrogen-bond donors (Lipinski definition) is 1. The Morgan fingerprint density at radius 3 is 2.61 bits per heavy atom. The van der Waals surface area contributed by atoms with Crippen molar-refractivity contribution in [1.29, 1.82) is 0 Å². The first-order valence-electron chi connectivity index (χ1n) is 10.8. The molecule has 1 N–H and O–H groups in total. The summed E-state index contributed by atoms with van der Waals surface area (Å²) in [6.45, 7) is 2.32. The molecule has 0 aliphatic carbocycles. The molecule has 0 saturated heterocycles. The lowest BCUT2D eigenvalue weighted by atomic mass is 10.0. The molecule has 0 fully saturated rings. The van der Waals surface area contributed by atoms with Crippen molar-refractivity contribution in [1.82, 2.24) is 14.5 Å². The number of oxazole rings is 1. The highest BCUT2D eigenvalue weighted by atomic mass is 32.2. The zero-order chi connectivity index (χ0) is 26.0. The van der Waals surface area contributed by atoms with Gasteiger partial charge in [0.2, 0.25) is 5.95 Å². The van der Waals surface area contributed by atoms with Crippen LogP contribution in [0.3, 0.4) is 0 Å². The van der Waals surface area contributed by atoms with Crippen molar-refractivity contribution in [3.63, 3.8) is 0 Å². The summed E-state index contributed by atoms with van der Waals surface area (Å²) in [5.74, 6) is 2.98. The third-order valence-electron chi connectivity index (χ3n) is 5.29. The van der Waals surface area contributed by atoms with Crippen molar-refractivity contribution < 1.29 is 21.6 Å². The minimum atomic E-state index is -4.49. The van der Waals surface area contributed by atoms with E-state index in [9.17, 15) is 17.6 Å². The van der Waals surface area contributed by atoms with E-state index in [0.29, 0.717) is 6.54 Å². The van der Waals surface area contributed by atoms with E-state index >= 15 is 4.39 Å². The monoisotopic (exact) mass is 512 g/mol. The molecule has 0 bridgehead atoms. The molecule has 4 rings (SSSR count). The molecule has 0 unspecified atom stereocenters. The van der Waals surface area contributed by atoms with Gasteiger partial charge in [-0.15, -0.1) is 0 Å². The number of fused-ring (bicyclic) bond motifs is 1. The van der Waals surface area contributed by atoms with Crippen molar-refractivity contribution >= 4 is 26.9 Å². The van der Waals surface area contributed by atoms with Gasteiger partial charge in [-0.1, -0.05) is 30.0 Å². The second-order valence-electron chi connectivity index (χ2n) is 8.28. The zero-order valence-electron chi connectivity index (χ0n) is 19.6. The van der Waals surface area contributed by atoms with Crippen LogP contribution in [-0.4, -0.2) is 43.5 Å². The fourth-order valence-electron chi connectivity index (χ4n) is 3.59. The summed E-state index contributed by atoms with van der Waals surface area (Å²) in [6, 6.07) is 12.0. The maximum absolute atomic E-state index is 15.0. The van der Waals surface area contributed by atoms with Gasteiger partial charge in [0.1, 0.15) is 16.5 Å². The van der Waals surface area contributed by atoms with E-state index in [2.05, 4.69) is 16.8 Å². The molecule has 2 aromatic carbocycles. The Kier molecular flexibility index (Phi) is 6.92. The molecule has 36 heavy (non-hydrogen) atoms. The number of hydrogen-bond acceptors (Lipinski definition) is 6. The standard InChI is InChI=1S/C25H22F2N4O4S/c1-16(18-9-4-7-17(13-18)8-6-12-30(2)3)31-20-14-19(26)22(15-21(20)35-25(31)32)36(33,34)29-24-11-5-10-23(27)28-24/h4-5,7,9-11,13-16H,12H2,1-3H3,(H,28,29)/t16-/m1/s1. The van der Waals surface area contributed by atoms with E-state index in [4.69, 9.17) is 4.42 Å². The number of aromatic nitrogens is 2. The van der Waals surface area contributed by atoms with Crippen LogP contribution >= 0.6 is 0 Å². The van der Waals surface area contributed by atoms with E-state index in [1.165, 1.54) is 16.7 Å². The summed E-state index contributed by atoms with van der Waals surface area (Å²) in [5.41, 5.74) is 1.44. The maximum Gasteiger partial charge on any atom is 0.420 e. The Hall–Kier alpha value is -4.01. The Morgan fingerprint density at radius 1 is 1.14 bits per heavy atom. The number of sulfonamides is 1. The summed E-state index contributed by atoms with van der Waals surface area (Å²) < 4.78 is 62.3. The average molecular weight is 513 g/mol. The van der Waals surface area contributed by atoms with Crippen LogP contribution in [0.15, 0.2) is 68.7 Å². The third-order valence-corrected chi connectivity index (χ3v) is 6.66. The van der Waals surface area contributed by atoms with E-state index in [1.54, 1.807) is 19.1 Å². The minimum Gasteiger partial charge on any atom is -0.408 e. The van der Waals surface area contributed by atoms with Gasteiger partial charge >= 0.3 is 5.76 Å².